The molecule has 1 N–H and O–H groups in total. The average Bonchev–Trinajstić information content (AvgIpc) is 2.23. The van der Waals surface area contributed by atoms with Crippen LogP contribution in [0.2, 0.25) is 0 Å². The fourth-order valence-corrected chi connectivity index (χ4v) is 2.06. The van der Waals surface area contributed by atoms with E-state index >= 15 is 0 Å². The van der Waals surface area contributed by atoms with E-state index in [0.717, 1.165) is 20.8 Å². The van der Waals surface area contributed by atoms with Gasteiger partial charge >= 0.3 is 0 Å². The van der Waals surface area contributed by atoms with Crippen LogP contribution in [0.4, 0.5) is 0 Å². The van der Waals surface area contributed by atoms with E-state index in [1.54, 1.807) is 12.1 Å². The van der Waals surface area contributed by atoms with E-state index in [-0.39, 0.29) is 0 Å². The number of fused-ring (bicyclic) bond motifs is 1. The molecule has 0 spiro atoms. The lowest BCUT2D eigenvalue weighted by Crippen LogP contribution is -1.85. The molecule has 0 atom stereocenters. The molecule has 2 aromatic rings. The van der Waals surface area contributed by atoms with Gasteiger partial charge in [0.15, 0.2) is 0 Å². The topological polar surface area (TPSA) is 20.2 Å². The fourth-order valence-electron chi connectivity index (χ4n) is 1.70. The largest absolute Gasteiger partial charge is 0.508 e. The minimum Gasteiger partial charge on any atom is -0.508 e. The van der Waals surface area contributed by atoms with Crippen LogP contribution in [0.5, 0.6) is 5.75 Å². The molecular formula is C13H11BrO. The molecule has 0 bridgehead atoms. The molecule has 0 radical (unpaired) electrons. The Kier molecular flexibility index (Phi) is 2.78. The Morgan fingerprint density at radius 3 is 2.73 bits per heavy atom. The molecule has 76 valence electrons. The third-order valence-electron chi connectivity index (χ3n) is 2.42. The summed E-state index contributed by atoms with van der Waals surface area (Å²) in [4.78, 5) is 0. The summed E-state index contributed by atoms with van der Waals surface area (Å²) in [5.41, 5.74) is 0.934. The SMILES string of the molecule is C=CCc1c(O)ccc2ccc(Br)cc12. The lowest BCUT2D eigenvalue weighted by atomic mass is 10.0. The summed E-state index contributed by atoms with van der Waals surface area (Å²) in [5.74, 6) is 0.334. The van der Waals surface area contributed by atoms with Crippen molar-refractivity contribution in [3.63, 3.8) is 0 Å². The summed E-state index contributed by atoms with van der Waals surface area (Å²) in [6, 6.07) is 9.70. The van der Waals surface area contributed by atoms with Gasteiger partial charge in [-0.3, -0.25) is 0 Å². The van der Waals surface area contributed by atoms with Gasteiger partial charge in [-0.15, -0.1) is 6.58 Å². The number of aromatic hydroxyl groups is 1. The van der Waals surface area contributed by atoms with Crippen LogP contribution in [-0.4, -0.2) is 5.11 Å². The maximum Gasteiger partial charge on any atom is 0.119 e. The van der Waals surface area contributed by atoms with Crippen molar-refractivity contribution in [1.82, 2.24) is 0 Å². The van der Waals surface area contributed by atoms with Gasteiger partial charge in [0.2, 0.25) is 0 Å². The number of benzene rings is 2. The van der Waals surface area contributed by atoms with Crippen molar-refractivity contribution in [2.75, 3.05) is 0 Å². The van der Waals surface area contributed by atoms with Gasteiger partial charge in [0.25, 0.3) is 0 Å². The Hall–Kier alpha value is -1.28. The summed E-state index contributed by atoms with van der Waals surface area (Å²) in [7, 11) is 0. The van der Waals surface area contributed by atoms with Crippen LogP contribution >= 0.6 is 15.9 Å². The second-order valence-corrected chi connectivity index (χ2v) is 4.34. The molecule has 0 heterocycles. The van der Waals surface area contributed by atoms with Crippen molar-refractivity contribution in [1.29, 1.82) is 0 Å². The van der Waals surface area contributed by atoms with Crippen LogP contribution in [0, 0.1) is 0 Å². The Balaban J connectivity index is 2.77. The number of hydrogen-bond acceptors (Lipinski definition) is 1. The quantitative estimate of drug-likeness (QED) is 0.811. The molecule has 0 amide bonds. The summed E-state index contributed by atoms with van der Waals surface area (Å²) in [6.07, 6.45) is 2.48. The molecule has 0 saturated carbocycles. The number of phenols is 1. The average molecular weight is 263 g/mol. The zero-order valence-corrected chi connectivity index (χ0v) is 9.79. The summed E-state index contributed by atoms with van der Waals surface area (Å²) in [5, 5.41) is 12.0. The third-order valence-corrected chi connectivity index (χ3v) is 2.91. The van der Waals surface area contributed by atoms with Crippen LogP contribution in [0.1, 0.15) is 5.56 Å². The van der Waals surface area contributed by atoms with Gasteiger partial charge in [0.05, 0.1) is 0 Å². The van der Waals surface area contributed by atoms with E-state index in [1.807, 2.05) is 24.3 Å². The molecular weight excluding hydrogens is 252 g/mol. The minimum absolute atomic E-state index is 0.334. The molecule has 2 rings (SSSR count). The van der Waals surface area contributed by atoms with Crippen molar-refractivity contribution in [2.45, 2.75) is 6.42 Å². The molecule has 0 aliphatic carbocycles. The highest BCUT2D eigenvalue weighted by Crippen LogP contribution is 2.29. The van der Waals surface area contributed by atoms with Crippen molar-refractivity contribution in [3.05, 3.63) is 53.0 Å². The highest BCUT2D eigenvalue weighted by molar-refractivity contribution is 9.10. The third kappa shape index (κ3) is 1.90. The van der Waals surface area contributed by atoms with Gasteiger partial charge in [-0.05, 0) is 35.4 Å². The molecule has 2 heteroatoms. The zero-order valence-electron chi connectivity index (χ0n) is 8.20. The molecule has 0 fully saturated rings. The van der Waals surface area contributed by atoms with Gasteiger partial charge in [-0.25, -0.2) is 0 Å². The first-order valence-electron chi connectivity index (χ1n) is 4.73. The molecule has 15 heavy (non-hydrogen) atoms. The molecule has 0 aliphatic rings. The normalized spacial score (nSPS) is 10.5. The fraction of sp³-hybridized carbons (Fsp3) is 0.0769. The van der Waals surface area contributed by atoms with E-state index in [4.69, 9.17) is 0 Å². The molecule has 0 saturated heterocycles. The number of halogens is 1. The number of rotatable bonds is 2. The smallest absolute Gasteiger partial charge is 0.119 e. The summed E-state index contributed by atoms with van der Waals surface area (Å²) < 4.78 is 1.02. The van der Waals surface area contributed by atoms with E-state index in [0.29, 0.717) is 12.2 Å². The maximum absolute atomic E-state index is 9.77. The van der Waals surface area contributed by atoms with Crippen LogP contribution in [0.15, 0.2) is 47.5 Å². The minimum atomic E-state index is 0.334. The number of hydrogen-bond donors (Lipinski definition) is 1. The molecule has 0 aliphatic heterocycles. The van der Waals surface area contributed by atoms with Crippen molar-refractivity contribution < 1.29 is 5.11 Å². The summed E-state index contributed by atoms with van der Waals surface area (Å²) in [6.45, 7) is 3.70. The first-order chi connectivity index (χ1) is 7.22. The lowest BCUT2D eigenvalue weighted by Gasteiger charge is -2.07. The van der Waals surface area contributed by atoms with E-state index in [9.17, 15) is 5.11 Å². The Bertz CT molecular complexity index is 512. The second kappa shape index (κ2) is 4.07. The van der Waals surface area contributed by atoms with E-state index in [1.165, 1.54) is 0 Å². The first-order valence-corrected chi connectivity index (χ1v) is 5.52. The first kappa shape index (κ1) is 10.2. The van der Waals surface area contributed by atoms with Crippen molar-refractivity contribution in [3.8, 4) is 5.75 Å². The van der Waals surface area contributed by atoms with Crippen LogP contribution in [-0.2, 0) is 6.42 Å². The highest BCUT2D eigenvalue weighted by atomic mass is 79.9. The summed E-state index contributed by atoms with van der Waals surface area (Å²) >= 11 is 3.43. The van der Waals surface area contributed by atoms with E-state index < -0.39 is 0 Å². The Labute approximate surface area is 97.2 Å². The predicted octanol–water partition coefficient (Wildman–Crippen LogP) is 4.04. The maximum atomic E-state index is 9.77. The van der Waals surface area contributed by atoms with Gasteiger partial charge in [0, 0.05) is 10.0 Å². The monoisotopic (exact) mass is 262 g/mol. The highest BCUT2D eigenvalue weighted by Gasteiger charge is 2.05. The molecule has 1 nitrogen and oxygen atoms in total. The second-order valence-electron chi connectivity index (χ2n) is 3.42. The van der Waals surface area contributed by atoms with Crippen molar-refractivity contribution in [2.24, 2.45) is 0 Å². The van der Waals surface area contributed by atoms with E-state index in [2.05, 4.69) is 22.5 Å². The number of phenolic OH excluding ortho intramolecular Hbond substituents is 1. The molecule has 2 aromatic carbocycles. The zero-order chi connectivity index (χ0) is 10.8. The molecule has 0 unspecified atom stereocenters. The van der Waals surface area contributed by atoms with Gasteiger partial charge in [-0.1, -0.05) is 34.1 Å². The van der Waals surface area contributed by atoms with Gasteiger partial charge in [0.1, 0.15) is 5.75 Å². The van der Waals surface area contributed by atoms with Crippen LogP contribution in [0.25, 0.3) is 10.8 Å². The van der Waals surface area contributed by atoms with Crippen molar-refractivity contribution >= 4 is 26.7 Å². The molecule has 0 aromatic heterocycles. The van der Waals surface area contributed by atoms with Crippen LogP contribution in [0.3, 0.4) is 0 Å². The Morgan fingerprint density at radius 2 is 2.00 bits per heavy atom. The van der Waals surface area contributed by atoms with Gasteiger partial charge in [-0.2, -0.15) is 0 Å². The standard InChI is InChI=1S/C13H11BrO/c1-2-3-11-12-8-10(14)6-4-9(12)5-7-13(11)15/h2,4-8,15H,1,3H2. The number of allylic oxidation sites excluding steroid dienone is 1. The van der Waals surface area contributed by atoms with Crippen LogP contribution < -0.4 is 0 Å². The predicted molar refractivity (Wildman–Crippen MR) is 67.2 cm³/mol. The Morgan fingerprint density at radius 1 is 1.27 bits per heavy atom. The lowest BCUT2D eigenvalue weighted by molar-refractivity contribution is 0.471. The van der Waals surface area contributed by atoms with Gasteiger partial charge < -0.3 is 5.11 Å².